The van der Waals surface area contributed by atoms with E-state index in [1.165, 1.54) is 23.0 Å². The summed E-state index contributed by atoms with van der Waals surface area (Å²) in [4.78, 5) is 41.3. The molecular weight excluding hydrogens is 612 g/mol. The van der Waals surface area contributed by atoms with Crippen molar-refractivity contribution in [2.24, 2.45) is 11.5 Å². The molecule has 0 radical (unpaired) electrons. The summed E-state index contributed by atoms with van der Waals surface area (Å²) in [6, 6.07) is 15.3. The number of non-ortho nitro benzene ring substituents is 1. The average Bonchev–Trinajstić information content (AvgIpc) is 3.82. The predicted octanol–water partition coefficient (Wildman–Crippen LogP) is 6.25. The van der Waals surface area contributed by atoms with E-state index in [9.17, 15) is 19.7 Å². The summed E-state index contributed by atoms with van der Waals surface area (Å²) in [5.41, 5.74) is 17.8. The van der Waals surface area contributed by atoms with Gasteiger partial charge in [-0.2, -0.15) is 0 Å². The standard InChI is InChI=1S/C13H13N3O4.C13H14N2O2.C10H9N/c1-2-7-3-10-12(11(4-7)16(19)20)8(6-15-10)5-9(14)13(17)18;1-2-8-3-4-10-9(6-11(14)13(16)17)7-15-12(10)5-8;1-2-8-3-4-9-5-6-11-10(9)7-8/h2-4,6,9,15H,1,5,14H2,(H,17,18);2-5,7,11,15H,1,6,14H2,(H,16,17);2-7,11H,1H2/t9-;11-;/m00./s1. The van der Waals surface area contributed by atoms with Crippen molar-refractivity contribution in [2.75, 3.05) is 0 Å². The number of carboxylic acid groups (broad SMARTS) is 2. The number of benzene rings is 3. The molecule has 9 N–H and O–H groups in total. The van der Waals surface area contributed by atoms with Gasteiger partial charge in [-0.05, 0) is 57.5 Å². The van der Waals surface area contributed by atoms with Crippen LogP contribution in [0.25, 0.3) is 50.9 Å². The van der Waals surface area contributed by atoms with Crippen molar-refractivity contribution >= 4 is 68.6 Å². The summed E-state index contributed by atoms with van der Waals surface area (Å²) in [5.74, 6) is -2.13. The van der Waals surface area contributed by atoms with E-state index in [1.54, 1.807) is 24.5 Å². The van der Waals surface area contributed by atoms with E-state index >= 15 is 0 Å². The Morgan fingerprint density at radius 2 is 1.29 bits per heavy atom. The van der Waals surface area contributed by atoms with E-state index in [1.807, 2.05) is 30.5 Å². The van der Waals surface area contributed by atoms with Crippen LogP contribution < -0.4 is 11.5 Å². The fourth-order valence-electron chi connectivity index (χ4n) is 5.10. The van der Waals surface area contributed by atoms with Gasteiger partial charge in [0, 0.05) is 53.9 Å². The lowest BCUT2D eigenvalue weighted by molar-refractivity contribution is -0.383. The number of aromatic amines is 3. The van der Waals surface area contributed by atoms with Gasteiger partial charge in [-0.15, -0.1) is 0 Å². The van der Waals surface area contributed by atoms with Gasteiger partial charge in [0.25, 0.3) is 5.69 Å². The highest BCUT2D eigenvalue weighted by molar-refractivity contribution is 5.94. The molecule has 0 aliphatic rings. The molecule has 0 bridgehead atoms. The lowest BCUT2D eigenvalue weighted by atomic mass is 10.0. The molecule has 48 heavy (non-hydrogen) atoms. The number of nitrogens with zero attached hydrogens (tertiary/aromatic N) is 1. The molecule has 3 heterocycles. The summed E-state index contributed by atoms with van der Waals surface area (Å²) < 4.78 is 0. The molecule has 0 spiro atoms. The number of aromatic nitrogens is 3. The highest BCUT2D eigenvalue weighted by Gasteiger charge is 2.21. The number of carbonyl (C=O) groups is 2. The van der Waals surface area contributed by atoms with Crippen LogP contribution in [0.2, 0.25) is 0 Å². The Kier molecular flexibility index (Phi) is 11.1. The number of nitrogens with two attached hydrogens (primary N) is 2. The van der Waals surface area contributed by atoms with Gasteiger partial charge < -0.3 is 36.6 Å². The molecule has 0 amide bonds. The zero-order chi connectivity index (χ0) is 35.0. The number of fused-ring (bicyclic) bond motifs is 3. The lowest BCUT2D eigenvalue weighted by Gasteiger charge is -2.05. The first-order valence-corrected chi connectivity index (χ1v) is 14.7. The van der Waals surface area contributed by atoms with E-state index in [2.05, 4.69) is 59.0 Å². The Balaban J connectivity index is 0.000000169. The molecule has 0 aliphatic carbocycles. The molecule has 0 aliphatic heterocycles. The number of H-pyrrole nitrogens is 3. The largest absolute Gasteiger partial charge is 0.480 e. The highest BCUT2D eigenvalue weighted by atomic mass is 16.6. The van der Waals surface area contributed by atoms with Gasteiger partial charge in [0.15, 0.2) is 0 Å². The Morgan fingerprint density at radius 3 is 1.90 bits per heavy atom. The second kappa shape index (κ2) is 15.4. The number of nitro groups is 1. The average molecular weight is 649 g/mol. The second-order valence-corrected chi connectivity index (χ2v) is 10.9. The van der Waals surface area contributed by atoms with E-state index in [-0.39, 0.29) is 12.1 Å². The second-order valence-electron chi connectivity index (χ2n) is 10.9. The molecule has 0 saturated carbocycles. The number of hydrogen-bond donors (Lipinski definition) is 7. The van der Waals surface area contributed by atoms with Gasteiger partial charge in [-0.1, -0.05) is 62.2 Å². The number of nitrogens with one attached hydrogen (secondary N) is 3. The smallest absolute Gasteiger partial charge is 0.320 e. The van der Waals surface area contributed by atoms with Crippen molar-refractivity contribution in [3.05, 3.63) is 131 Å². The van der Waals surface area contributed by atoms with Gasteiger partial charge in [0.2, 0.25) is 0 Å². The highest BCUT2D eigenvalue weighted by Crippen LogP contribution is 2.31. The minimum Gasteiger partial charge on any atom is -0.480 e. The summed E-state index contributed by atoms with van der Waals surface area (Å²) >= 11 is 0. The summed E-state index contributed by atoms with van der Waals surface area (Å²) in [7, 11) is 0. The van der Waals surface area contributed by atoms with Crippen LogP contribution in [0.15, 0.2) is 92.9 Å². The maximum Gasteiger partial charge on any atom is 0.320 e. The third kappa shape index (κ3) is 8.12. The number of rotatable bonds is 10. The monoisotopic (exact) mass is 648 g/mol. The molecule has 3 aromatic heterocycles. The number of hydrogen-bond acceptors (Lipinski definition) is 6. The molecular formula is C36H36N6O6. The maximum absolute atomic E-state index is 11.2. The summed E-state index contributed by atoms with van der Waals surface area (Å²) in [6.45, 7) is 11.0. The van der Waals surface area contributed by atoms with E-state index in [4.69, 9.17) is 21.7 Å². The molecule has 0 unspecified atom stereocenters. The number of carboxylic acids is 2. The normalized spacial score (nSPS) is 11.9. The molecule has 246 valence electrons. The zero-order valence-corrected chi connectivity index (χ0v) is 26.0. The van der Waals surface area contributed by atoms with Crippen molar-refractivity contribution < 1.29 is 24.7 Å². The third-order valence-corrected chi connectivity index (χ3v) is 7.65. The van der Waals surface area contributed by atoms with Crippen molar-refractivity contribution in [1.29, 1.82) is 0 Å². The van der Waals surface area contributed by atoms with Gasteiger partial charge in [0.05, 0.1) is 15.8 Å². The van der Waals surface area contributed by atoms with Crippen LogP contribution >= 0.6 is 0 Å². The predicted molar refractivity (Wildman–Crippen MR) is 190 cm³/mol. The topological polar surface area (TPSA) is 217 Å². The number of nitro benzene ring substituents is 1. The Bertz CT molecular complexity index is 2140. The zero-order valence-electron chi connectivity index (χ0n) is 26.0. The lowest BCUT2D eigenvalue weighted by Crippen LogP contribution is -2.32. The van der Waals surface area contributed by atoms with Crippen molar-refractivity contribution in [3.63, 3.8) is 0 Å². The fraction of sp³-hybridized carbons (Fsp3) is 0.111. The number of aliphatic carboxylic acids is 2. The molecule has 3 aromatic carbocycles. The first kappa shape index (κ1) is 34.6. The van der Waals surface area contributed by atoms with Gasteiger partial charge in [0.1, 0.15) is 12.1 Å². The molecule has 2 atom stereocenters. The van der Waals surface area contributed by atoms with Crippen LogP contribution in [0, 0.1) is 10.1 Å². The van der Waals surface area contributed by atoms with E-state index < -0.39 is 28.9 Å². The Hall–Kier alpha value is -6.24. The molecule has 0 fully saturated rings. The van der Waals surface area contributed by atoms with Crippen LogP contribution in [-0.4, -0.2) is 54.1 Å². The Labute approximate surface area is 275 Å². The van der Waals surface area contributed by atoms with Crippen LogP contribution in [0.5, 0.6) is 0 Å². The van der Waals surface area contributed by atoms with E-state index in [0.717, 1.165) is 27.6 Å². The van der Waals surface area contributed by atoms with Gasteiger partial charge in [-0.3, -0.25) is 19.7 Å². The molecule has 12 heteroatoms. The first-order chi connectivity index (χ1) is 22.9. The summed E-state index contributed by atoms with van der Waals surface area (Å²) in [6.07, 6.45) is 10.8. The molecule has 12 nitrogen and oxygen atoms in total. The molecule has 6 aromatic rings. The molecule has 0 saturated heterocycles. The van der Waals surface area contributed by atoms with Crippen LogP contribution in [-0.2, 0) is 22.4 Å². The van der Waals surface area contributed by atoms with Crippen LogP contribution in [0.3, 0.4) is 0 Å². The summed E-state index contributed by atoms with van der Waals surface area (Å²) in [5, 5.41) is 31.4. The minimum atomic E-state index is -1.15. The SMILES string of the molecule is C=Cc1cc([N+](=O)[O-])c2c(C[C@H](N)C(=O)O)c[nH]c2c1.C=Cc1ccc2c(C[C@H](N)C(=O)O)c[nH]c2c1.C=Cc1ccc2cc[nH]c2c1. The van der Waals surface area contributed by atoms with Crippen LogP contribution in [0.1, 0.15) is 27.8 Å². The van der Waals surface area contributed by atoms with Crippen LogP contribution in [0.4, 0.5) is 5.69 Å². The Morgan fingerprint density at radius 1 is 0.750 bits per heavy atom. The maximum atomic E-state index is 11.2. The molecule has 6 rings (SSSR count). The third-order valence-electron chi connectivity index (χ3n) is 7.65. The van der Waals surface area contributed by atoms with E-state index in [0.29, 0.717) is 28.5 Å². The van der Waals surface area contributed by atoms with Crippen molar-refractivity contribution in [2.45, 2.75) is 24.9 Å². The van der Waals surface area contributed by atoms with Crippen molar-refractivity contribution in [3.8, 4) is 0 Å². The first-order valence-electron chi connectivity index (χ1n) is 14.7. The minimum absolute atomic E-state index is 0.0175. The van der Waals surface area contributed by atoms with Gasteiger partial charge >= 0.3 is 11.9 Å². The quantitative estimate of drug-likeness (QED) is 0.0663. The fourth-order valence-corrected chi connectivity index (χ4v) is 5.10. The van der Waals surface area contributed by atoms with Gasteiger partial charge in [-0.25, -0.2) is 0 Å². The van der Waals surface area contributed by atoms with Crippen molar-refractivity contribution in [1.82, 2.24) is 15.0 Å².